The molecule has 0 bridgehead atoms. The minimum atomic E-state index is -0.131. The molecule has 2 heteroatoms. The third kappa shape index (κ3) is 5.38. The van der Waals surface area contributed by atoms with Crippen molar-refractivity contribution < 1.29 is 4.42 Å². The molecule has 0 saturated heterocycles. The van der Waals surface area contributed by atoms with Crippen LogP contribution in [0.1, 0.15) is 25.0 Å². The lowest BCUT2D eigenvalue weighted by molar-refractivity contribution is 0.660. The lowest BCUT2D eigenvalue weighted by Gasteiger charge is -2.28. The van der Waals surface area contributed by atoms with Gasteiger partial charge in [-0.2, -0.15) is 0 Å². The molecule has 0 saturated carbocycles. The van der Waals surface area contributed by atoms with E-state index in [1.165, 1.54) is 76.5 Å². The van der Waals surface area contributed by atoms with Crippen molar-refractivity contribution in [3.63, 3.8) is 0 Å². The fourth-order valence-electron chi connectivity index (χ4n) is 10.8. The fraction of sp³-hybridized carbons (Fsp3) is 0.0492. The predicted octanol–water partition coefficient (Wildman–Crippen LogP) is 17.3. The Labute approximate surface area is 365 Å². The van der Waals surface area contributed by atoms with Crippen LogP contribution in [0.2, 0.25) is 0 Å². The molecule has 0 N–H and O–H groups in total. The molecule has 0 fully saturated rings. The summed E-state index contributed by atoms with van der Waals surface area (Å²) in [6, 6.07) is 77.8. The lowest BCUT2D eigenvalue weighted by Crippen LogP contribution is -2.16. The highest BCUT2D eigenvalue weighted by atomic mass is 16.3. The zero-order valence-electron chi connectivity index (χ0n) is 35.1. The van der Waals surface area contributed by atoms with Gasteiger partial charge in [0, 0.05) is 44.9 Å². The number of fused-ring (bicyclic) bond motifs is 13. The van der Waals surface area contributed by atoms with Crippen molar-refractivity contribution in [3.05, 3.63) is 223 Å². The van der Waals surface area contributed by atoms with E-state index in [2.05, 4.69) is 231 Å². The number of furan rings is 1. The molecule has 0 atom stereocenters. The van der Waals surface area contributed by atoms with Crippen molar-refractivity contribution in [2.75, 3.05) is 4.90 Å². The number of rotatable bonds is 5. The van der Waals surface area contributed by atoms with Gasteiger partial charge in [-0.15, -0.1) is 0 Å². The Balaban J connectivity index is 1.02. The molecule has 0 amide bonds. The molecule has 0 spiro atoms. The first-order chi connectivity index (χ1) is 31.0. The number of benzene rings is 11. The average molecular weight is 804 g/mol. The van der Waals surface area contributed by atoms with Gasteiger partial charge in [0.25, 0.3) is 0 Å². The van der Waals surface area contributed by atoms with Crippen LogP contribution >= 0.6 is 0 Å². The Morgan fingerprint density at radius 2 is 0.889 bits per heavy atom. The van der Waals surface area contributed by atoms with Crippen LogP contribution in [0.15, 0.2) is 217 Å². The van der Waals surface area contributed by atoms with Crippen LogP contribution in [0.3, 0.4) is 0 Å². The third-order valence-corrected chi connectivity index (χ3v) is 13.8. The zero-order chi connectivity index (χ0) is 41.8. The molecule has 0 radical (unpaired) electrons. The molecule has 2 nitrogen and oxygen atoms in total. The normalized spacial score (nSPS) is 13.0. The summed E-state index contributed by atoms with van der Waals surface area (Å²) >= 11 is 0. The van der Waals surface area contributed by atoms with Crippen molar-refractivity contribution in [3.8, 4) is 33.4 Å². The highest BCUT2D eigenvalue weighted by Gasteiger charge is 2.36. The lowest BCUT2D eigenvalue weighted by atomic mass is 9.82. The van der Waals surface area contributed by atoms with Gasteiger partial charge in [0.2, 0.25) is 0 Å². The molecule has 0 unspecified atom stereocenters. The average Bonchev–Trinajstić information content (AvgIpc) is 3.81. The van der Waals surface area contributed by atoms with Crippen molar-refractivity contribution in [2.45, 2.75) is 19.3 Å². The summed E-state index contributed by atoms with van der Waals surface area (Å²) in [5.41, 5.74) is 14.9. The standard InChI is InChI=1S/C61H41NO/c1-61(2)56-23-13-12-22-51(56)52-32-29-43(36-57(52)61)62(42-27-24-39(25-28-42)38-14-4-3-5-15-38)44-30-33-53-55-34-40-16-6-7-17-45(40)59(60(55)63-58(53)37-44)41-26-31-50-48-20-9-8-18-46(48)47-19-10-11-21-49(47)54(50)35-41/h3-37H,1-2H3. The van der Waals surface area contributed by atoms with Crippen molar-refractivity contribution in [1.82, 2.24) is 0 Å². The molecule has 63 heavy (non-hydrogen) atoms. The maximum atomic E-state index is 7.18. The van der Waals surface area contributed by atoms with Gasteiger partial charge in [0.15, 0.2) is 0 Å². The van der Waals surface area contributed by atoms with E-state index in [9.17, 15) is 0 Å². The molecule has 11 aromatic carbocycles. The zero-order valence-corrected chi connectivity index (χ0v) is 35.1. The van der Waals surface area contributed by atoms with Crippen LogP contribution in [-0.4, -0.2) is 0 Å². The molecule has 0 aliphatic heterocycles. The Hall–Kier alpha value is -7.94. The second-order valence-electron chi connectivity index (χ2n) is 17.6. The SMILES string of the molecule is CC1(C)c2ccccc2-c2ccc(N(c3ccc(-c4ccccc4)cc3)c3ccc4c(c3)oc3c(-c5ccc6c7ccccc7c7ccccc7c6c5)c5ccccc5cc34)cc21. The number of nitrogens with zero attached hydrogens (tertiary/aromatic N) is 1. The van der Waals surface area contributed by atoms with Crippen LogP contribution in [0.5, 0.6) is 0 Å². The molecule has 13 rings (SSSR count). The first-order valence-electron chi connectivity index (χ1n) is 21.9. The summed E-state index contributed by atoms with van der Waals surface area (Å²) in [4.78, 5) is 2.39. The van der Waals surface area contributed by atoms with E-state index < -0.39 is 0 Å². The number of hydrogen-bond donors (Lipinski definition) is 0. The number of anilines is 3. The van der Waals surface area contributed by atoms with Crippen LogP contribution in [0.4, 0.5) is 17.1 Å². The van der Waals surface area contributed by atoms with E-state index >= 15 is 0 Å². The van der Waals surface area contributed by atoms with Gasteiger partial charge in [0.1, 0.15) is 11.2 Å². The van der Waals surface area contributed by atoms with E-state index in [0.717, 1.165) is 50.1 Å². The Morgan fingerprint density at radius 1 is 0.349 bits per heavy atom. The third-order valence-electron chi connectivity index (χ3n) is 13.8. The maximum Gasteiger partial charge on any atom is 0.143 e. The molecule has 1 aliphatic rings. The molecule has 1 aliphatic carbocycles. The molecule has 1 aromatic heterocycles. The minimum Gasteiger partial charge on any atom is -0.455 e. The summed E-state index contributed by atoms with van der Waals surface area (Å²) in [5.74, 6) is 0. The smallest absolute Gasteiger partial charge is 0.143 e. The topological polar surface area (TPSA) is 16.4 Å². The van der Waals surface area contributed by atoms with E-state index in [1.807, 2.05) is 0 Å². The quantitative estimate of drug-likeness (QED) is 0.161. The van der Waals surface area contributed by atoms with Crippen LogP contribution in [0.25, 0.3) is 98.4 Å². The molecule has 12 aromatic rings. The van der Waals surface area contributed by atoms with Gasteiger partial charge in [-0.25, -0.2) is 0 Å². The van der Waals surface area contributed by atoms with Crippen LogP contribution in [0, 0.1) is 0 Å². The van der Waals surface area contributed by atoms with Gasteiger partial charge in [-0.3, -0.25) is 0 Å². The Kier molecular flexibility index (Phi) is 7.68. The van der Waals surface area contributed by atoms with Gasteiger partial charge in [-0.1, -0.05) is 172 Å². The summed E-state index contributed by atoms with van der Waals surface area (Å²) in [6.07, 6.45) is 0. The van der Waals surface area contributed by atoms with E-state index in [1.54, 1.807) is 0 Å². The van der Waals surface area contributed by atoms with Gasteiger partial charge < -0.3 is 9.32 Å². The van der Waals surface area contributed by atoms with E-state index in [4.69, 9.17) is 4.42 Å². The Bertz CT molecular complexity index is 3780. The second kappa shape index (κ2) is 13.5. The first kappa shape index (κ1) is 35.8. The highest BCUT2D eigenvalue weighted by Crippen LogP contribution is 2.51. The van der Waals surface area contributed by atoms with Gasteiger partial charge >= 0.3 is 0 Å². The van der Waals surface area contributed by atoms with Gasteiger partial charge in [-0.05, 0) is 131 Å². The minimum absolute atomic E-state index is 0.131. The van der Waals surface area contributed by atoms with Crippen molar-refractivity contribution >= 4 is 82.1 Å². The van der Waals surface area contributed by atoms with Gasteiger partial charge in [0.05, 0.1) is 0 Å². The summed E-state index contributed by atoms with van der Waals surface area (Å²) in [5, 5.41) is 12.2. The van der Waals surface area contributed by atoms with Crippen LogP contribution in [-0.2, 0) is 5.41 Å². The predicted molar refractivity (Wildman–Crippen MR) is 267 cm³/mol. The molecular formula is C61H41NO. The summed E-state index contributed by atoms with van der Waals surface area (Å²) < 4.78 is 7.18. The van der Waals surface area contributed by atoms with E-state index in [-0.39, 0.29) is 5.41 Å². The molecule has 296 valence electrons. The van der Waals surface area contributed by atoms with Crippen LogP contribution < -0.4 is 4.90 Å². The van der Waals surface area contributed by atoms with Crippen molar-refractivity contribution in [1.29, 1.82) is 0 Å². The largest absolute Gasteiger partial charge is 0.455 e. The number of hydrogen-bond acceptors (Lipinski definition) is 2. The Morgan fingerprint density at radius 3 is 1.65 bits per heavy atom. The molecule has 1 heterocycles. The maximum absolute atomic E-state index is 7.18. The summed E-state index contributed by atoms with van der Waals surface area (Å²) in [7, 11) is 0. The van der Waals surface area contributed by atoms with Crippen molar-refractivity contribution in [2.24, 2.45) is 0 Å². The fourth-order valence-corrected chi connectivity index (χ4v) is 10.8. The highest BCUT2D eigenvalue weighted by molar-refractivity contribution is 6.27. The first-order valence-corrected chi connectivity index (χ1v) is 21.9. The summed E-state index contributed by atoms with van der Waals surface area (Å²) in [6.45, 7) is 4.70. The molecular weight excluding hydrogens is 763 g/mol. The van der Waals surface area contributed by atoms with E-state index in [0.29, 0.717) is 0 Å². The second-order valence-corrected chi connectivity index (χ2v) is 17.6. The monoisotopic (exact) mass is 803 g/mol.